The van der Waals surface area contributed by atoms with Crippen molar-refractivity contribution in [3.63, 3.8) is 0 Å². The topological polar surface area (TPSA) is 78.4 Å². The van der Waals surface area contributed by atoms with Crippen molar-refractivity contribution in [3.05, 3.63) is 18.1 Å². The molecule has 1 unspecified atom stereocenters. The highest BCUT2D eigenvalue weighted by Crippen LogP contribution is 2.14. The molecule has 1 atom stereocenters. The van der Waals surface area contributed by atoms with Gasteiger partial charge in [-0.1, -0.05) is 6.92 Å². The number of piperidine rings is 1. The normalized spacial score (nSPS) is 20.6. The van der Waals surface area contributed by atoms with Crippen LogP contribution in [0.15, 0.2) is 12.4 Å². The molecule has 0 saturated carbocycles. The van der Waals surface area contributed by atoms with Crippen LogP contribution in [0.5, 0.6) is 0 Å². The molecule has 98 valence electrons. The van der Waals surface area contributed by atoms with Crippen LogP contribution in [0.2, 0.25) is 0 Å². The molecule has 1 saturated heterocycles. The molecule has 0 amide bonds. The lowest BCUT2D eigenvalue weighted by Crippen LogP contribution is -2.42. The molecule has 1 aliphatic rings. The number of likely N-dealkylation sites (tertiary alicyclic amines) is 1. The second kappa shape index (κ2) is 5.77. The van der Waals surface area contributed by atoms with E-state index in [-0.39, 0.29) is 5.69 Å². The third-order valence-corrected chi connectivity index (χ3v) is 3.16. The molecule has 1 aromatic heterocycles. The maximum Gasteiger partial charge on any atom is 0.356 e. The molecule has 1 aromatic rings. The van der Waals surface area contributed by atoms with Crippen LogP contribution in [0, 0.1) is 0 Å². The van der Waals surface area contributed by atoms with Gasteiger partial charge in [-0.25, -0.2) is 9.78 Å². The van der Waals surface area contributed by atoms with E-state index in [9.17, 15) is 4.79 Å². The first-order valence-electron chi connectivity index (χ1n) is 6.23. The fraction of sp³-hybridized carbons (Fsp3) is 0.583. The number of carboxylic acid groups (broad SMARTS) is 1. The largest absolute Gasteiger partial charge is 0.476 e. The van der Waals surface area contributed by atoms with Gasteiger partial charge in [-0.05, 0) is 25.9 Å². The van der Waals surface area contributed by atoms with E-state index >= 15 is 0 Å². The number of aromatic carboxylic acids is 1. The summed E-state index contributed by atoms with van der Waals surface area (Å²) in [6.45, 7) is 5.29. The Hall–Kier alpha value is -1.69. The van der Waals surface area contributed by atoms with Crippen LogP contribution in [-0.4, -0.2) is 51.6 Å². The smallest absolute Gasteiger partial charge is 0.356 e. The van der Waals surface area contributed by atoms with Crippen molar-refractivity contribution in [2.24, 2.45) is 0 Å². The van der Waals surface area contributed by atoms with Crippen LogP contribution in [-0.2, 0) is 0 Å². The zero-order valence-electron chi connectivity index (χ0n) is 10.5. The molecule has 2 rings (SSSR count). The fourth-order valence-corrected chi connectivity index (χ4v) is 2.21. The first-order chi connectivity index (χ1) is 8.69. The minimum atomic E-state index is -1.05. The molecule has 0 radical (unpaired) electrons. The standard InChI is InChI=1S/C12H18N4O2/c1-2-16-5-3-4-9(8-16)14-11-7-13-6-10(15-11)12(17)18/h6-7,9H,2-5,8H2,1H3,(H,14,15)(H,17,18). The molecular formula is C12H18N4O2. The Morgan fingerprint density at radius 3 is 3.17 bits per heavy atom. The zero-order chi connectivity index (χ0) is 13.0. The number of nitrogens with zero attached hydrogens (tertiary/aromatic N) is 3. The number of hydrogen-bond donors (Lipinski definition) is 2. The Morgan fingerprint density at radius 2 is 2.44 bits per heavy atom. The summed E-state index contributed by atoms with van der Waals surface area (Å²) >= 11 is 0. The molecule has 0 aromatic carbocycles. The molecule has 6 nitrogen and oxygen atoms in total. The fourth-order valence-electron chi connectivity index (χ4n) is 2.21. The quantitative estimate of drug-likeness (QED) is 0.832. The number of hydrogen-bond acceptors (Lipinski definition) is 5. The van der Waals surface area contributed by atoms with Gasteiger partial charge in [0.2, 0.25) is 0 Å². The van der Waals surface area contributed by atoms with Crippen LogP contribution < -0.4 is 5.32 Å². The summed E-state index contributed by atoms with van der Waals surface area (Å²) in [6, 6.07) is 0.317. The first-order valence-corrected chi connectivity index (χ1v) is 6.23. The summed E-state index contributed by atoms with van der Waals surface area (Å²) in [6.07, 6.45) is 5.05. The van der Waals surface area contributed by atoms with Crippen LogP contribution in [0.25, 0.3) is 0 Å². The highest BCUT2D eigenvalue weighted by molar-refractivity contribution is 5.85. The van der Waals surface area contributed by atoms with Crippen LogP contribution in [0.3, 0.4) is 0 Å². The molecule has 18 heavy (non-hydrogen) atoms. The summed E-state index contributed by atoms with van der Waals surface area (Å²) in [5.74, 6) is -0.511. The number of likely N-dealkylation sites (N-methyl/N-ethyl adjacent to an activating group) is 1. The third-order valence-electron chi connectivity index (χ3n) is 3.16. The lowest BCUT2D eigenvalue weighted by molar-refractivity contribution is 0.0690. The predicted octanol–water partition coefficient (Wildman–Crippen LogP) is 1.07. The number of carbonyl (C=O) groups is 1. The average Bonchev–Trinajstić information content (AvgIpc) is 2.39. The second-order valence-electron chi connectivity index (χ2n) is 4.47. The molecule has 0 aliphatic carbocycles. The second-order valence-corrected chi connectivity index (χ2v) is 4.47. The van der Waals surface area contributed by atoms with Gasteiger partial charge in [0.05, 0.1) is 12.4 Å². The van der Waals surface area contributed by atoms with Crippen molar-refractivity contribution in [3.8, 4) is 0 Å². The maximum absolute atomic E-state index is 10.8. The van der Waals surface area contributed by atoms with E-state index in [0.29, 0.717) is 11.9 Å². The average molecular weight is 250 g/mol. The van der Waals surface area contributed by atoms with Gasteiger partial charge in [0, 0.05) is 12.6 Å². The van der Waals surface area contributed by atoms with Gasteiger partial charge >= 0.3 is 5.97 Å². The van der Waals surface area contributed by atoms with Crippen molar-refractivity contribution in [1.29, 1.82) is 0 Å². The van der Waals surface area contributed by atoms with Crippen molar-refractivity contribution >= 4 is 11.8 Å². The van der Waals surface area contributed by atoms with Crippen molar-refractivity contribution < 1.29 is 9.90 Å². The Balaban J connectivity index is 2.00. The van der Waals surface area contributed by atoms with Crippen LogP contribution in [0.1, 0.15) is 30.3 Å². The van der Waals surface area contributed by atoms with E-state index < -0.39 is 5.97 Å². The number of aromatic nitrogens is 2. The summed E-state index contributed by atoms with van der Waals surface area (Å²) < 4.78 is 0. The minimum Gasteiger partial charge on any atom is -0.476 e. The molecular weight excluding hydrogens is 232 g/mol. The van der Waals surface area contributed by atoms with Crippen LogP contribution in [0.4, 0.5) is 5.82 Å². The van der Waals surface area contributed by atoms with Gasteiger partial charge in [-0.15, -0.1) is 0 Å². The number of carboxylic acids is 1. The Morgan fingerprint density at radius 1 is 1.61 bits per heavy atom. The summed E-state index contributed by atoms with van der Waals surface area (Å²) in [4.78, 5) is 21.1. The van der Waals surface area contributed by atoms with E-state index in [1.165, 1.54) is 6.20 Å². The van der Waals surface area contributed by atoms with Gasteiger partial charge in [-0.2, -0.15) is 0 Å². The summed E-state index contributed by atoms with van der Waals surface area (Å²) in [7, 11) is 0. The van der Waals surface area contributed by atoms with E-state index in [0.717, 1.165) is 32.5 Å². The predicted molar refractivity (Wildman–Crippen MR) is 67.8 cm³/mol. The van der Waals surface area contributed by atoms with E-state index in [1.807, 2.05) is 0 Å². The highest BCUT2D eigenvalue weighted by Gasteiger charge is 2.19. The van der Waals surface area contributed by atoms with Crippen LogP contribution >= 0.6 is 0 Å². The van der Waals surface area contributed by atoms with Gasteiger partial charge < -0.3 is 15.3 Å². The van der Waals surface area contributed by atoms with Gasteiger partial charge in [0.1, 0.15) is 5.82 Å². The number of nitrogens with one attached hydrogen (secondary N) is 1. The molecule has 1 fully saturated rings. The Kier molecular flexibility index (Phi) is 4.09. The lowest BCUT2D eigenvalue weighted by Gasteiger charge is -2.32. The Labute approximate surface area is 106 Å². The number of anilines is 1. The molecule has 1 aliphatic heterocycles. The first kappa shape index (κ1) is 12.8. The third kappa shape index (κ3) is 3.16. The van der Waals surface area contributed by atoms with Crippen molar-refractivity contribution in [2.45, 2.75) is 25.8 Å². The highest BCUT2D eigenvalue weighted by atomic mass is 16.4. The molecule has 2 N–H and O–H groups in total. The summed E-state index contributed by atoms with van der Waals surface area (Å²) in [5, 5.41) is 12.1. The zero-order valence-corrected chi connectivity index (χ0v) is 10.5. The van der Waals surface area contributed by atoms with E-state index in [2.05, 4.69) is 27.1 Å². The van der Waals surface area contributed by atoms with Gasteiger partial charge in [0.25, 0.3) is 0 Å². The molecule has 0 bridgehead atoms. The molecule has 0 spiro atoms. The van der Waals surface area contributed by atoms with Crippen molar-refractivity contribution in [1.82, 2.24) is 14.9 Å². The lowest BCUT2D eigenvalue weighted by atomic mass is 10.1. The molecule has 6 heteroatoms. The summed E-state index contributed by atoms with van der Waals surface area (Å²) in [5.41, 5.74) is -0.0249. The Bertz CT molecular complexity index is 424. The van der Waals surface area contributed by atoms with Gasteiger partial charge in [0.15, 0.2) is 5.69 Å². The maximum atomic E-state index is 10.8. The van der Waals surface area contributed by atoms with Gasteiger partial charge in [-0.3, -0.25) is 4.98 Å². The van der Waals surface area contributed by atoms with E-state index in [1.54, 1.807) is 6.20 Å². The van der Waals surface area contributed by atoms with E-state index in [4.69, 9.17) is 5.11 Å². The number of rotatable bonds is 4. The minimum absolute atomic E-state index is 0.0249. The SMILES string of the molecule is CCN1CCCC(Nc2cncc(C(=O)O)n2)C1. The van der Waals surface area contributed by atoms with Crippen molar-refractivity contribution in [2.75, 3.05) is 25.0 Å². The monoisotopic (exact) mass is 250 g/mol. The molecule has 2 heterocycles.